The fourth-order valence-electron chi connectivity index (χ4n) is 1.44. The second kappa shape index (κ2) is 10.0. The summed E-state index contributed by atoms with van der Waals surface area (Å²) in [6.45, 7) is 10.3. The Labute approximate surface area is 99.3 Å². The lowest BCUT2D eigenvalue weighted by Crippen LogP contribution is -2.38. The van der Waals surface area contributed by atoms with Gasteiger partial charge >= 0.3 is 0 Å². The Morgan fingerprint density at radius 1 is 1.25 bits per heavy atom. The third-order valence-corrected chi connectivity index (χ3v) is 2.21. The van der Waals surface area contributed by atoms with Gasteiger partial charge in [-0.3, -0.25) is 0 Å². The molecule has 0 aromatic rings. The Kier molecular flexibility index (Phi) is 9.92. The molecule has 0 aliphatic carbocycles. The Hall–Kier alpha value is -0.160. The fraction of sp³-hybridized carbons (Fsp3) is 1.00. The van der Waals surface area contributed by atoms with Crippen molar-refractivity contribution in [1.82, 2.24) is 5.32 Å². The van der Waals surface area contributed by atoms with Crippen LogP contribution in [0.15, 0.2) is 0 Å². The molecule has 2 unspecified atom stereocenters. The molecule has 0 aliphatic heterocycles. The quantitative estimate of drug-likeness (QED) is 0.595. The van der Waals surface area contributed by atoms with Crippen molar-refractivity contribution < 1.29 is 14.6 Å². The van der Waals surface area contributed by atoms with E-state index in [1.165, 1.54) is 0 Å². The van der Waals surface area contributed by atoms with Crippen molar-refractivity contribution in [2.24, 2.45) is 0 Å². The van der Waals surface area contributed by atoms with Crippen LogP contribution in [0.3, 0.4) is 0 Å². The lowest BCUT2D eigenvalue weighted by Gasteiger charge is -2.20. The summed E-state index contributed by atoms with van der Waals surface area (Å²) in [5.41, 5.74) is 0. The molecule has 16 heavy (non-hydrogen) atoms. The van der Waals surface area contributed by atoms with Crippen LogP contribution < -0.4 is 5.32 Å². The Balaban J connectivity index is 3.53. The predicted octanol–water partition coefficient (Wildman–Crippen LogP) is 1.18. The molecular formula is C12H27NO3. The van der Waals surface area contributed by atoms with Crippen molar-refractivity contribution in [1.29, 1.82) is 0 Å². The number of aliphatic hydroxyl groups is 1. The summed E-state index contributed by atoms with van der Waals surface area (Å²) in [6.07, 6.45) is 0.948. The molecule has 4 nitrogen and oxygen atoms in total. The number of hydrogen-bond donors (Lipinski definition) is 2. The van der Waals surface area contributed by atoms with Gasteiger partial charge in [-0.1, -0.05) is 13.8 Å². The molecule has 0 heterocycles. The van der Waals surface area contributed by atoms with Crippen LogP contribution >= 0.6 is 0 Å². The number of nitrogens with one attached hydrogen (secondary N) is 1. The third-order valence-electron chi connectivity index (χ3n) is 2.21. The topological polar surface area (TPSA) is 50.7 Å². The molecule has 0 rings (SSSR count). The maximum absolute atomic E-state index is 9.14. The van der Waals surface area contributed by atoms with Gasteiger partial charge in [0.05, 0.1) is 19.3 Å². The zero-order valence-electron chi connectivity index (χ0n) is 11.0. The van der Waals surface area contributed by atoms with E-state index in [-0.39, 0.29) is 18.8 Å². The predicted molar refractivity (Wildman–Crippen MR) is 65.7 cm³/mol. The summed E-state index contributed by atoms with van der Waals surface area (Å²) < 4.78 is 10.8. The van der Waals surface area contributed by atoms with Crippen molar-refractivity contribution in [3.05, 3.63) is 0 Å². The van der Waals surface area contributed by atoms with Gasteiger partial charge in [-0.05, 0) is 20.3 Å². The van der Waals surface area contributed by atoms with Gasteiger partial charge in [-0.15, -0.1) is 0 Å². The molecule has 0 saturated carbocycles. The largest absolute Gasteiger partial charge is 0.395 e. The standard InChI is InChI=1S/C12H27NO3/c1-5-15-9-11(4)16-7-6-12(8-14)13-10(2)3/h10-14H,5-9H2,1-4H3. The Morgan fingerprint density at radius 2 is 1.94 bits per heavy atom. The van der Waals surface area contributed by atoms with Crippen LogP contribution in [0.5, 0.6) is 0 Å². The highest BCUT2D eigenvalue weighted by molar-refractivity contribution is 4.67. The first kappa shape index (κ1) is 15.8. The number of rotatable bonds is 10. The Morgan fingerprint density at radius 3 is 2.44 bits per heavy atom. The van der Waals surface area contributed by atoms with Gasteiger partial charge in [0.25, 0.3) is 0 Å². The molecule has 0 aromatic heterocycles. The minimum absolute atomic E-state index is 0.123. The first-order valence-electron chi connectivity index (χ1n) is 6.16. The van der Waals surface area contributed by atoms with Crippen LogP contribution in [0.25, 0.3) is 0 Å². The number of aliphatic hydroxyl groups excluding tert-OH is 1. The zero-order valence-corrected chi connectivity index (χ0v) is 11.0. The van der Waals surface area contributed by atoms with Gasteiger partial charge in [-0.2, -0.15) is 0 Å². The third kappa shape index (κ3) is 9.09. The van der Waals surface area contributed by atoms with Crippen molar-refractivity contribution in [2.75, 3.05) is 26.4 Å². The first-order valence-corrected chi connectivity index (χ1v) is 6.16. The lowest BCUT2D eigenvalue weighted by molar-refractivity contribution is -0.00795. The molecule has 0 bridgehead atoms. The van der Waals surface area contributed by atoms with E-state index in [9.17, 15) is 0 Å². The van der Waals surface area contributed by atoms with Crippen LogP contribution in [0.2, 0.25) is 0 Å². The lowest BCUT2D eigenvalue weighted by atomic mass is 10.2. The molecule has 4 heteroatoms. The molecule has 0 fully saturated rings. The van der Waals surface area contributed by atoms with Crippen molar-refractivity contribution in [3.63, 3.8) is 0 Å². The molecule has 0 saturated heterocycles. The zero-order chi connectivity index (χ0) is 12.4. The average Bonchev–Trinajstić information content (AvgIpc) is 2.24. The van der Waals surface area contributed by atoms with Crippen molar-refractivity contribution in [2.45, 2.75) is 52.3 Å². The maximum atomic E-state index is 9.14. The van der Waals surface area contributed by atoms with Crippen molar-refractivity contribution >= 4 is 0 Å². The van der Waals surface area contributed by atoms with Crippen LogP contribution in [-0.4, -0.2) is 49.7 Å². The molecular weight excluding hydrogens is 206 g/mol. The van der Waals surface area contributed by atoms with Gasteiger partial charge in [0, 0.05) is 25.3 Å². The van der Waals surface area contributed by atoms with Gasteiger partial charge < -0.3 is 19.9 Å². The van der Waals surface area contributed by atoms with E-state index < -0.39 is 0 Å². The summed E-state index contributed by atoms with van der Waals surface area (Å²) >= 11 is 0. The fourth-order valence-corrected chi connectivity index (χ4v) is 1.44. The van der Waals surface area contributed by atoms with E-state index in [1.807, 2.05) is 13.8 Å². The van der Waals surface area contributed by atoms with Crippen LogP contribution in [0, 0.1) is 0 Å². The average molecular weight is 233 g/mol. The SMILES string of the molecule is CCOCC(C)OCCC(CO)NC(C)C. The molecule has 0 aromatic carbocycles. The van der Waals surface area contributed by atoms with Gasteiger partial charge in [0.15, 0.2) is 0 Å². The normalized spacial score (nSPS) is 15.4. The highest BCUT2D eigenvalue weighted by Gasteiger charge is 2.09. The Bertz CT molecular complexity index is 153. The number of hydrogen-bond acceptors (Lipinski definition) is 4. The minimum atomic E-state index is 0.123. The van der Waals surface area contributed by atoms with Gasteiger partial charge in [0.2, 0.25) is 0 Å². The van der Waals surface area contributed by atoms with E-state index in [2.05, 4.69) is 19.2 Å². The van der Waals surface area contributed by atoms with Gasteiger partial charge in [-0.25, -0.2) is 0 Å². The van der Waals surface area contributed by atoms with E-state index in [1.54, 1.807) is 0 Å². The first-order chi connectivity index (χ1) is 7.60. The summed E-state index contributed by atoms with van der Waals surface area (Å²) in [4.78, 5) is 0. The molecule has 2 atom stereocenters. The summed E-state index contributed by atoms with van der Waals surface area (Å²) in [5, 5.41) is 12.4. The second-order valence-electron chi connectivity index (χ2n) is 4.33. The minimum Gasteiger partial charge on any atom is -0.395 e. The van der Waals surface area contributed by atoms with Crippen molar-refractivity contribution in [3.8, 4) is 0 Å². The maximum Gasteiger partial charge on any atom is 0.0780 e. The monoisotopic (exact) mass is 233 g/mol. The smallest absolute Gasteiger partial charge is 0.0780 e. The van der Waals surface area contributed by atoms with Crippen LogP contribution in [-0.2, 0) is 9.47 Å². The molecule has 0 spiro atoms. The van der Waals surface area contributed by atoms with Crippen LogP contribution in [0.4, 0.5) is 0 Å². The molecule has 2 N–H and O–H groups in total. The highest BCUT2D eigenvalue weighted by Crippen LogP contribution is 1.98. The van der Waals surface area contributed by atoms with E-state index in [0.29, 0.717) is 19.3 Å². The summed E-state index contributed by atoms with van der Waals surface area (Å²) in [5.74, 6) is 0. The van der Waals surface area contributed by atoms with Crippen LogP contribution in [0.1, 0.15) is 34.1 Å². The summed E-state index contributed by atoms with van der Waals surface area (Å²) in [6, 6.07) is 0.511. The molecule has 0 aliphatic rings. The highest BCUT2D eigenvalue weighted by atomic mass is 16.5. The van der Waals surface area contributed by atoms with Gasteiger partial charge in [0.1, 0.15) is 0 Å². The van der Waals surface area contributed by atoms with E-state index in [0.717, 1.165) is 13.0 Å². The van der Waals surface area contributed by atoms with E-state index >= 15 is 0 Å². The molecule has 0 amide bonds. The number of ether oxygens (including phenoxy) is 2. The summed E-state index contributed by atoms with van der Waals surface area (Å²) in [7, 11) is 0. The second-order valence-corrected chi connectivity index (χ2v) is 4.33. The van der Waals surface area contributed by atoms with E-state index in [4.69, 9.17) is 14.6 Å². The molecule has 0 radical (unpaired) electrons. The molecule has 98 valence electrons.